The van der Waals surface area contributed by atoms with Crippen molar-refractivity contribution in [3.63, 3.8) is 0 Å². The fourth-order valence-electron chi connectivity index (χ4n) is 0.535. The lowest BCUT2D eigenvalue weighted by atomic mass is 10.3. The van der Waals surface area contributed by atoms with Crippen LogP contribution in [0.2, 0.25) is 0 Å². The van der Waals surface area contributed by atoms with E-state index in [4.69, 9.17) is 5.26 Å². The summed E-state index contributed by atoms with van der Waals surface area (Å²) < 4.78 is 0. The second-order valence-electron chi connectivity index (χ2n) is 1.95. The minimum atomic E-state index is -0.0112. The molecule has 0 saturated heterocycles. The molecule has 0 atom stereocenters. The molecule has 0 bridgehead atoms. The molecule has 0 aliphatic heterocycles. The second kappa shape index (κ2) is 4.57. The first-order valence-electron chi connectivity index (χ1n) is 2.96. The van der Waals surface area contributed by atoms with Crippen molar-refractivity contribution in [1.82, 2.24) is 5.32 Å². The molecule has 0 saturated carbocycles. The molecule has 0 aromatic heterocycles. The number of ketones is 1. The van der Waals surface area contributed by atoms with Crippen molar-refractivity contribution in [3.05, 3.63) is 11.8 Å². The van der Waals surface area contributed by atoms with Gasteiger partial charge in [0.2, 0.25) is 0 Å². The third-order valence-corrected chi connectivity index (χ3v) is 0.866. The van der Waals surface area contributed by atoms with Gasteiger partial charge in [0.1, 0.15) is 6.54 Å². The number of hydrogen-bond acceptors (Lipinski definition) is 3. The van der Waals surface area contributed by atoms with Gasteiger partial charge in [0.05, 0.1) is 6.07 Å². The summed E-state index contributed by atoms with van der Waals surface area (Å²) in [6, 6.07) is 1.91. The quantitative estimate of drug-likeness (QED) is 0.458. The highest BCUT2D eigenvalue weighted by Gasteiger charge is 1.88. The van der Waals surface area contributed by atoms with Gasteiger partial charge in [0.25, 0.3) is 0 Å². The predicted octanol–water partition coefficient (Wildman–Crippen LogP) is 0.592. The van der Waals surface area contributed by atoms with Crippen LogP contribution in [0.5, 0.6) is 0 Å². The Kier molecular flexibility index (Phi) is 3.97. The van der Waals surface area contributed by atoms with E-state index in [1.165, 1.54) is 13.0 Å². The highest BCUT2D eigenvalue weighted by molar-refractivity contribution is 5.87. The molecule has 0 heterocycles. The van der Waals surface area contributed by atoms with E-state index in [-0.39, 0.29) is 12.3 Å². The summed E-state index contributed by atoms with van der Waals surface area (Å²) in [6.07, 6.45) is 1.46. The van der Waals surface area contributed by atoms with Crippen molar-refractivity contribution >= 4 is 5.78 Å². The first-order chi connectivity index (χ1) is 4.66. The van der Waals surface area contributed by atoms with Gasteiger partial charge in [-0.1, -0.05) is 0 Å². The Labute approximate surface area is 60.3 Å². The summed E-state index contributed by atoms with van der Waals surface area (Å²) in [5, 5.41) is 10.9. The molecule has 3 heteroatoms. The molecule has 0 aromatic carbocycles. The van der Waals surface area contributed by atoms with Gasteiger partial charge in [-0.05, 0) is 19.9 Å². The van der Waals surface area contributed by atoms with Crippen molar-refractivity contribution in [2.45, 2.75) is 13.8 Å². The highest BCUT2D eigenvalue weighted by atomic mass is 16.1. The maximum atomic E-state index is 10.4. The van der Waals surface area contributed by atoms with Gasteiger partial charge in [-0.2, -0.15) is 5.26 Å². The molecule has 1 N–H and O–H groups in total. The van der Waals surface area contributed by atoms with E-state index in [2.05, 4.69) is 5.32 Å². The maximum Gasteiger partial charge on any atom is 0.154 e. The van der Waals surface area contributed by atoms with Crippen LogP contribution in [0.4, 0.5) is 0 Å². The number of carbonyl (C=O) groups excluding carboxylic acids is 1. The summed E-state index contributed by atoms with van der Waals surface area (Å²) in [5.74, 6) is -0.0112. The normalized spacial score (nSPS) is 10.3. The molecule has 0 rings (SSSR count). The summed E-state index contributed by atoms with van der Waals surface area (Å²) in [7, 11) is 0. The molecule has 0 spiro atoms. The summed E-state index contributed by atoms with van der Waals surface area (Å²) in [5.41, 5.74) is 0.731. The largest absolute Gasteiger partial charge is 0.376 e. The zero-order chi connectivity index (χ0) is 7.98. The average molecular weight is 138 g/mol. The van der Waals surface area contributed by atoms with Crippen LogP contribution in [0.3, 0.4) is 0 Å². The fourth-order valence-corrected chi connectivity index (χ4v) is 0.535. The topological polar surface area (TPSA) is 52.9 Å². The molecule has 0 amide bonds. The number of nitrogens with one attached hydrogen (secondary N) is 1. The van der Waals surface area contributed by atoms with Crippen LogP contribution in [-0.4, -0.2) is 12.3 Å². The average Bonchev–Trinajstić information content (AvgIpc) is 1.82. The monoisotopic (exact) mass is 138 g/mol. The molecule has 0 aliphatic rings. The van der Waals surface area contributed by atoms with Gasteiger partial charge >= 0.3 is 0 Å². The van der Waals surface area contributed by atoms with E-state index in [1.807, 2.05) is 6.07 Å². The van der Waals surface area contributed by atoms with Crippen LogP contribution >= 0.6 is 0 Å². The molecular formula is C7H10N2O. The third kappa shape index (κ3) is 4.85. The number of rotatable bonds is 3. The molecule has 3 nitrogen and oxygen atoms in total. The van der Waals surface area contributed by atoms with Gasteiger partial charge in [0.15, 0.2) is 5.78 Å². The van der Waals surface area contributed by atoms with Crippen LogP contribution in [0.1, 0.15) is 13.8 Å². The fraction of sp³-hybridized carbons (Fsp3) is 0.429. The Morgan fingerprint density at radius 2 is 2.30 bits per heavy atom. The van der Waals surface area contributed by atoms with Gasteiger partial charge in [0, 0.05) is 5.70 Å². The number of nitriles is 1. The summed E-state index contributed by atoms with van der Waals surface area (Å²) in [4.78, 5) is 10.4. The number of carbonyl (C=O) groups is 1. The minimum absolute atomic E-state index is 0.0112. The summed E-state index contributed by atoms with van der Waals surface area (Å²) in [6.45, 7) is 3.46. The second-order valence-corrected chi connectivity index (χ2v) is 1.95. The highest BCUT2D eigenvalue weighted by Crippen LogP contribution is 1.84. The molecular weight excluding hydrogens is 128 g/mol. The van der Waals surface area contributed by atoms with Crippen molar-refractivity contribution < 1.29 is 4.79 Å². The Morgan fingerprint density at radius 3 is 2.70 bits per heavy atom. The number of hydrogen-bond donors (Lipinski definition) is 1. The van der Waals surface area contributed by atoms with E-state index in [0.717, 1.165) is 5.70 Å². The summed E-state index contributed by atoms with van der Waals surface area (Å²) >= 11 is 0. The minimum Gasteiger partial charge on any atom is -0.376 e. The van der Waals surface area contributed by atoms with Crippen molar-refractivity contribution in [2.75, 3.05) is 6.54 Å². The Hall–Kier alpha value is -1.30. The maximum absolute atomic E-state index is 10.4. The van der Waals surface area contributed by atoms with Crippen LogP contribution in [0.25, 0.3) is 0 Å². The van der Waals surface area contributed by atoms with E-state index in [0.29, 0.717) is 0 Å². The van der Waals surface area contributed by atoms with Gasteiger partial charge < -0.3 is 5.32 Å². The van der Waals surface area contributed by atoms with E-state index in [9.17, 15) is 4.79 Å². The number of allylic oxidation sites excluding steroid dienone is 2. The van der Waals surface area contributed by atoms with Gasteiger partial charge in [-0.15, -0.1) is 0 Å². The first-order valence-corrected chi connectivity index (χ1v) is 2.96. The van der Waals surface area contributed by atoms with E-state index >= 15 is 0 Å². The number of nitrogens with zero attached hydrogens (tertiary/aromatic N) is 1. The predicted molar refractivity (Wildman–Crippen MR) is 38.1 cm³/mol. The van der Waals surface area contributed by atoms with Crippen LogP contribution in [0.15, 0.2) is 11.8 Å². The lowest BCUT2D eigenvalue weighted by Gasteiger charge is -1.97. The van der Waals surface area contributed by atoms with E-state index < -0.39 is 0 Å². The lowest BCUT2D eigenvalue weighted by molar-refractivity contribution is -0.112. The van der Waals surface area contributed by atoms with Crippen LogP contribution in [0, 0.1) is 11.3 Å². The van der Waals surface area contributed by atoms with Crippen LogP contribution in [-0.2, 0) is 4.79 Å². The zero-order valence-electron chi connectivity index (χ0n) is 6.14. The first kappa shape index (κ1) is 8.70. The zero-order valence-corrected chi connectivity index (χ0v) is 6.14. The van der Waals surface area contributed by atoms with Crippen molar-refractivity contribution in [2.24, 2.45) is 0 Å². The van der Waals surface area contributed by atoms with Gasteiger partial charge in [-0.3, -0.25) is 4.79 Å². The SMILES string of the molecule is CC(=O)/C=C(/C)NCC#N. The lowest BCUT2D eigenvalue weighted by Crippen LogP contribution is -2.11. The smallest absolute Gasteiger partial charge is 0.154 e. The molecule has 0 aliphatic carbocycles. The molecule has 54 valence electrons. The Bertz CT molecular complexity index is 188. The standard InChI is InChI=1S/C7H10N2O/c1-6(5-7(2)10)9-4-3-8/h5,9H,4H2,1-2H3/b6-5-. The molecule has 0 radical (unpaired) electrons. The Morgan fingerprint density at radius 1 is 1.70 bits per heavy atom. The molecule has 0 unspecified atom stereocenters. The molecule has 10 heavy (non-hydrogen) atoms. The van der Waals surface area contributed by atoms with Crippen LogP contribution < -0.4 is 5.32 Å². The van der Waals surface area contributed by atoms with Crippen molar-refractivity contribution in [3.8, 4) is 6.07 Å². The Balaban J connectivity index is 3.74. The molecule has 0 aromatic rings. The van der Waals surface area contributed by atoms with E-state index in [1.54, 1.807) is 6.92 Å². The van der Waals surface area contributed by atoms with Gasteiger partial charge in [-0.25, -0.2) is 0 Å². The third-order valence-electron chi connectivity index (χ3n) is 0.866. The molecule has 0 fully saturated rings. The van der Waals surface area contributed by atoms with Crippen molar-refractivity contribution in [1.29, 1.82) is 5.26 Å².